The van der Waals surface area contributed by atoms with Crippen molar-refractivity contribution in [2.24, 2.45) is 0 Å². The van der Waals surface area contributed by atoms with Gasteiger partial charge in [0.1, 0.15) is 12.1 Å². The fraction of sp³-hybridized carbons (Fsp3) is 0.467. The molecule has 1 aromatic rings. The highest BCUT2D eigenvalue weighted by atomic mass is 16.5. The maximum atomic E-state index is 12.2. The first-order chi connectivity index (χ1) is 10.2. The second-order valence-corrected chi connectivity index (χ2v) is 4.86. The van der Waals surface area contributed by atoms with E-state index in [1.54, 1.807) is 0 Å². The predicted octanol–water partition coefficient (Wildman–Crippen LogP) is -0.125. The van der Waals surface area contributed by atoms with E-state index in [0.29, 0.717) is 26.2 Å². The molecule has 21 heavy (non-hydrogen) atoms. The van der Waals surface area contributed by atoms with Crippen molar-refractivity contribution in [2.45, 2.75) is 18.5 Å². The quantitative estimate of drug-likeness (QED) is 0.740. The topological polar surface area (TPSA) is 76.7 Å². The van der Waals surface area contributed by atoms with E-state index >= 15 is 0 Å². The molecule has 2 N–H and O–H groups in total. The van der Waals surface area contributed by atoms with Crippen molar-refractivity contribution in [2.75, 3.05) is 26.9 Å². The Kier molecular flexibility index (Phi) is 5.71. The molecule has 0 aromatic heterocycles. The summed E-state index contributed by atoms with van der Waals surface area (Å²) in [5.74, 6) is -0.704. The van der Waals surface area contributed by atoms with Gasteiger partial charge in [-0.3, -0.25) is 4.79 Å². The molecule has 2 rings (SSSR count). The molecule has 114 valence electrons. The molecule has 0 bridgehead atoms. The lowest BCUT2D eigenvalue weighted by Gasteiger charge is -2.25. The number of hydrogen-bond acceptors (Lipinski definition) is 5. The van der Waals surface area contributed by atoms with Gasteiger partial charge in [0.15, 0.2) is 0 Å². The van der Waals surface area contributed by atoms with Crippen molar-refractivity contribution >= 4 is 11.9 Å². The fourth-order valence-electron chi connectivity index (χ4n) is 2.19. The molecule has 1 amide bonds. The van der Waals surface area contributed by atoms with E-state index in [2.05, 4.69) is 10.6 Å². The van der Waals surface area contributed by atoms with Gasteiger partial charge in [-0.05, 0) is 5.56 Å². The van der Waals surface area contributed by atoms with Crippen molar-refractivity contribution in [3.63, 3.8) is 0 Å². The Hall–Kier alpha value is -1.92. The van der Waals surface area contributed by atoms with Crippen molar-refractivity contribution in [3.8, 4) is 0 Å². The van der Waals surface area contributed by atoms with Crippen LogP contribution in [0.15, 0.2) is 30.3 Å². The SMILES string of the molecule is COC(=O)C(Cc1ccccc1)NC(=O)C1COCCN1. The maximum Gasteiger partial charge on any atom is 0.328 e. The molecular weight excluding hydrogens is 272 g/mol. The van der Waals surface area contributed by atoms with Crippen LogP contribution in [0.4, 0.5) is 0 Å². The lowest BCUT2D eigenvalue weighted by molar-refractivity contribution is -0.145. The molecule has 1 saturated heterocycles. The second kappa shape index (κ2) is 7.75. The van der Waals surface area contributed by atoms with E-state index in [1.807, 2.05) is 30.3 Å². The number of methoxy groups -OCH3 is 1. The highest BCUT2D eigenvalue weighted by molar-refractivity contribution is 5.87. The molecule has 0 aliphatic carbocycles. The molecule has 1 aliphatic rings. The van der Waals surface area contributed by atoms with Crippen molar-refractivity contribution in [3.05, 3.63) is 35.9 Å². The third-order valence-electron chi connectivity index (χ3n) is 3.32. The number of morpholine rings is 1. The van der Waals surface area contributed by atoms with Gasteiger partial charge < -0.3 is 20.1 Å². The number of rotatable bonds is 5. The number of ether oxygens (including phenoxy) is 2. The largest absolute Gasteiger partial charge is 0.467 e. The first kappa shape index (κ1) is 15.5. The predicted molar refractivity (Wildman–Crippen MR) is 76.7 cm³/mol. The molecule has 2 atom stereocenters. The summed E-state index contributed by atoms with van der Waals surface area (Å²) in [6.07, 6.45) is 0.396. The van der Waals surface area contributed by atoms with Crippen molar-refractivity contribution < 1.29 is 19.1 Å². The molecule has 0 spiro atoms. The summed E-state index contributed by atoms with van der Waals surface area (Å²) in [6, 6.07) is 8.37. The Labute approximate surface area is 123 Å². The molecular formula is C15H20N2O4. The zero-order valence-corrected chi connectivity index (χ0v) is 12.0. The summed E-state index contributed by atoms with van der Waals surface area (Å²) in [5.41, 5.74) is 0.959. The van der Waals surface area contributed by atoms with Gasteiger partial charge in [-0.2, -0.15) is 0 Å². The zero-order chi connectivity index (χ0) is 15.1. The summed E-state index contributed by atoms with van der Waals surface area (Å²) >= 11 is 0. The number of nitrogens with one attached hydrogen (secondary N) is 2. The third-order valence-corrected chi connectivity index (χ3v) is 3.32. The Morgan fingerprint density at radius 3 is 2.81 bits per heavy atom. The molecule has 1 heterocycles. The minimum absolute atomic E-state index is 0.249. The van der Waals surface area contributed by atoms with E-state index < -0.39 is 18.1 Å². The first-order valence-corrected chi connectivity index (χ1v) is 6.94. The lowest BCUT2D eigenvalue weighted by Crippen LogP contribution is -2.55. The normalized spacial score (nSPS) is 19.6. The van der Waals surface area contributed by atoms with Gasteiger partial charge >= 0.3 is 5.97 Å². The lowest BCUT2D eigenvalue weighted by atomic mass is 10.1. The van der Waals surface area contributed by atoms with Gasteiger partial charge in [0, 0.05) is 13.0 Å². The van der Waals surface area contributed by atoms with E-state index in [4.69, 9.17) is 9.47 Å². The van der Waals surface area contributed by atoms with Crippen LogP contribution in [0.25, 0.3) is 0 Å². The Morgan fingerprint density at radius 1 is 1.43 bits per heavy atom. The number of carbonyl (C=O) groups excluding carboxylic acids is 2. The van der Waals surface area contributed by atoms with E-state index in [1.165, 1.54) is 7.11 Å². The van der Waals surface area contributed by atoms with Crippen LogP contribution in [0.3, 0.4) is 0 Å². The van der Waals surface area contributed by atoms with Gasteiger partial charge in [-0.25, -0.2) is 4.79 Å². The van der Waals surface area contributed by atoms with Crippen LogP contribution in [0, 0.1) is 0 Å². The van der Waals surface area contributed by atoms with E-state index in [9.17, 15) is 9.59 Å². The van der Waals surface area contributed by atoms with Crippen LogP contribution in [0.5, 0.6) is 0 Å². The average Bonchev–Trinajstić information content (AvgIpc) is 2.55. The standard InChI is InChI=1S/C15H20N2O4/c1-20-15(19)12(9-11-5-3-2-4-6-11)17-14(18)13-10-21-8-7-16-13/h2-6,12-13,16H,7-10H2,1H3,(H,17,18). The van der Waals surface area contributed by atoms with Gasteiger partial charge in [-0.15, -0.1) is 0 Å². The molecule has 6 nitrogen and oxygen atoms in total. The summed E-state index contributed by atoms with van der Waals surface area (Å²) in [6.45, 7) is 1.53. The van der Waals surface area contributed by atoms with E-state index in [0.717, 1.165) is 5.56 Å². The van der Waals surface area contributed by atoms with Crippen molar-refractivity contribution in [1.29, 1.82) is 0 Å². The highest BCUT2D eigenvalue weighted by Crippen LogP contribution is 2.05. The van der Waals surface area contributed by atoms with Gasteiger partial charge in [-0.1, -0.05) is 30.3 Å². The van der Waals surface area contributed by atoms with Gasteiger partial charge in [0.2, 0.25) is 5.91 Å². The molecule has 0 radical (unpaired) electrons. The van der Waals surface area contributed by atoms with Crippen molar-refractivity contribution in [1.82, 2.24) is 10.6 Å². The number of amides is 1. The van der Waals surface area contributed by atoms with Crippen LogP contribution in [-0.4, -0.2) is 50.8 Å². The first-order valence-electron chi connectivity index (χ1n) is 6.94. The monoisotopic (exact) mass is 292 g/mol. The minimum atomic E-state index is -0.700. The highest BCUT2D eigenvalue weighted by Gasteiger charge is 2.27. The van der Waals surface area contributed by atoms with Gasteiger partial charge in [0.05, 0.1) is 20.3 Å². The average molecular weight is 292 g/mol. The number of carbonyl (C=O) groups is 2. The smallest absolute Gasteiger partial charge is 0.328 e. The maximum absolute atomic E-state index is 12.2. The van der Waals surface area contributed by atoms with Gasteiger partial charge in [0.25, 0.3) is 0 Å². The number of esters is 1. The summed E-state index contributed by atoms with van der Waals surface area (Å²) in [4.78, 5) is 24.0. The molecule has 6 heteroatoms. The fourth-order valence-corrected chi connectivity index (χ4v) is 2.19. The number of hydrogen-bond donors (Lipinski definition) is 2. The Bertz CT molecular complexity index is 472. The van der Waals surface area contributed by atoms with Crippen LogP contribution in [-0.2, 0) is 25.5 Å². The van der Waals surface area contributed by atoms with Crippen LogP contribution in [0.2, 0.25) is 0 Å². The van der Waals surface area contributed by atoms with Crippen LogP contribution < -0.4 is 10.6 Å². The van der Waals surface area contributed by atoms with Crippen LogP contribution in [0.1, 0.15) is 5.56 Å². The second-order valence-electron chi connectivity index (χ2n) is 4.86. The summed E-state index contributed by atoms with van der Waals surface area (Å²) < 4.78 is 10.0. The Balaban J connectivity index is 1.99. The molecule has 1 fully saturated rings. The minimum Gasteiger partial charge on any atom is -0.467 e. The molecule has 1 aliphatic heterocycles. The summed E-state index contributed by atoms with van der Waals surface area (Å²) in [5, 5.41) is 5.79. The summed E-state index contributed by atoms with van der Waals surface area (Å²) in [7, 11) is 1.31. The molecule has 0 saturated carbocycles. The van der Waals surface area contributed by atoms with Crippen LogP contribution >= 0.6 is 0 Å². The van der Waals surface area contributed by atoms with E-state index in [-0.39, 0.29) is 5.91 Å². The third kappa shape index (κ3) is 4.54. The Morgan fingerprint density at radius 2 is 2.19 bits per heavy atom. The number of benzene rings is 1. The molecule has 1 aromatic carbocycles. The molecule has 2 unspecified atom stereocenters. The zero-order valence-electron chi connectivity index (χ0n) is 12.0.